The number of hydrogen-bond donors (Lipinski definition) is 2. The van der Waals surface area contributed by atoms with Gasteiger partial charge in [-0.3, -0.25) is 14.4 Å². The van der Waals surface area contributed by atoms with Gasteiger partial charge in [-0.15, -0.1) is 0 Å². The summed E-state index contributed by atoms with van der Waals surface area (Å²) in [7, 11) is -3.93. The van der Waals surface area contributed by atoms with Crippen LogP contribution in [0, 0.1) is 5.41 Å². The Morgan fingerprint density at radius 1 is 1.24 bits per heavy atom. The predicted octanol–water partition coefficient (Wildman–Crippen LogP) is 1.75. The van der Waals surface area contributed by atoms with Crippen molar-refractivity contribution in [2.24, 2.45) is 5.41 Å². The quantitative estimate of drug-likeness (QED) is 0.603. The van der Waals surface area contributed by atoms with Crippen molar-refractivity contribution in [1.29, 1.82) is 0 Å². The second kappa shape index (κ2) is 10.5. The number of ketones is 1. The summed E-state index contributed by atoms with van der Waals surface area (Å²) in [4.78, 5) is 42.4. The fourth-order valence-electron chi connectivity index (χ4n) is 3.72. The minimum Gasteiger partial charge on any atom is -0.459 e. The molecule has 1 aliphatic rings. The Kier molecular flexibility index (Phi) is 7.88. The summed E-state index contributed by atoms with van der Waals surface area (Å²) in [6, 6.07) is 5.85. The molecular formula is C23H30N4O6S. The molecule has 1 saturated heterocycles. The molecule has 0 aliphatic carbocycles. The number of pyridine rings is 1. The lowest BCUT2D eigenvalue weighted by atomic mass is 9.87. The van der Waals surface area contributed by atoms with Gasteiger partial charge in [0.15, 0.2) is 16.6 Å². The van der Waals surface area contributed by atoms with Crippen molar-refractivity contribution < 1.29 is 27.2 Å². The number of Topliss-reactive ketones (excluding diaryl/α,β-unsaturated/α-hetero) is 1. The number of carbonyl (C=O) groups is 3. The molecule has 0 unspecified atom stereocenters. The molecule has 2 atom stereocenters. The summed E-state index contributed by atoms with van der Waals surface area (Å²) in [5, 5.41) is 5.27. The van der Waals surface area contributed by atoms with Crippen LogP contribution >= 0.6 is 0 Å². The third kappa shape index (κ3) is 6.51. The third-order valence-corrected chi connectivity index (χ3v) is 7.12. The predicted molar refractivity (Wildman–Crippen MR) is 123 cm³/mol. The number of nitrogens with one attached hydrogen (secondary N) is 2. The Balaban J connectivity index is 1.70. The number of rotatable bonds is 7. The van der Waals surface area contributed by atoms with Gasteiger partial charge in [0.2, 0.25) is 5.91 Å². The molecule has 2 aromatic rings. The molecular weight excluding hydrogens is 460 g/mol. The van der Waals surface area contributed by atoms with E-state index in [-0.39, 0.29) is 35.7 Å². The van der Waals surface area contributed by atoms with Gasteiger partial charge in [-0.1, -0.05) is 26.8 Å². The Bertz CT molecular complexity index is 1110. The van der Waals surface area contributed by atoms with Gasteiger partial charge in [0.25, 0.3) is 15.9 Å². The second-order valence-corrected chi connectivity index (χ2v) is 11.3. The zero-order chi connectivity index (χ0) is 24.9. The lowest BCUT2D eigenvalue weighted by Crippen LogP contribution is -2.53. The van der Waals surface area contributed by atoms with Gasteiger partial charge in [0, 0.05) is 12.7 Å². The van der Waals surface area contributed by atoms with E-state index in [0.717, 1.165) is 4.31 Å². The molecule has 0 radical (unpaired) electrons. The minimum atomic E-state index is -3.93. The highest BCUT2D eigenvalue weighted by Crippen LogP contribution is 2.22. The molecule has 1 fully saturated rings. The van der Waals surface area contributed by atoms with Gasteiger partial charge in [-0.25, -0.2) is 13.4 Å². The first-order valence-electron chi connectivity index (χ1n) is 11.1. The maximum Gasteiger partial charge on any atom is 0.287 e. The lowest BCUT2D eigenvalue weighted by molar-refractivity contribution is -0.129. The molecule has 3 heterocycles. The maximum atomic E-state index is 13.1. The van der Waals surface area contributed by atoms with Crippen molar-refractivity contribution in [2.75, 3.05) is 13.1 Å². The molecule has 184 valence electrons. The zero-order valence-electron chi connectivity index (χ0n) is 19.5. The topological polar surface area (TPSA) is 139 Å². The standard InChI is InChI=1S/C23H30N4O6S/c1-23(2,3)14-17(26-22(30)19-9-7-13-33-19)21(29)25-16-8-6-12-27(15-18(16)28)34(31,32)20-10-4-5-11-24-20/h4-5,7,9-11,13,16-17H,6,8,12,14-15H2,1-3H3,(H,25,29)(H,26,30)/t16-,17-/m0/s1. The molecule has 2 aromatic heterocycles. The van der Waals surface area contributed by atoms with Crippen LogP contribution in [-0.2, 0) is 19.6 Å². The lowest BCUT2D eigenvalue weighted by Gasteiger charge is -2.27. The fraction of sp³-hybridized carbons (Fsp3) is 0.478. The van der Waals surface area contributed by atoms with Gasteiger partial charge in [0.1, 0.15) is 6.04 Å². The third-order valence-electron chi connectivity index (χ3n) is 5.36. The molecule has 2 amide bonds. The number of carbonyl (C=O) groups excluding carboxylic acids is 3. The maximum absolute atomic E-state index is 13.1. The van der Waals surface area contributed by atoms with E-state index in [1.807, 2.05) is 20.8 Å². The van der Waals surface area contributed by atoms with Gasteiger partial charge in [-0.2, -0.15) is 4.31 Å². The highest BCUT2D eigenvalue weighted by atomic mass is 32.2. The van der Waals surface area contributed by atoms with Gasteiger partial charge < -0.3 is 15.1 Å². The Labute approximate surface area is 199 Å². The number of sulfonamides is 1. The van der Waals surface area contributed by atoms with Crippen LogP contribution in [0.3, 0.4) is 0 Å². The Morgan fingerprint density at radius 2 is 2.00 bits per heavy atom. The van der Waals surface area contributed by atoms with Crippen LogP contribution in [0.2, 0.25) is 0 Å². The fourth-order valence-corrected chi connectivity index (χ4v) is 5.09. The summed E-state index contributed by atoms with van der Waals surface area (Å²) >= 11 is 0. The summed E-state index contributed by atoms with van der Waals surface area (Å²) in [6.07, 6.45) is 3.73. The minimum absolute atomic E-state index is 0.0765. The molecule has 10 nitrogen and oxygen atoms in total. The average Bonchev–Trinajstić information content (AvgIpc) is 3.25. The monoisotopic (exact) mass is 490 g/mol. The van der Waals surface area contributed by atoms with Crippen LogP contribution in [0.1, 0.15) is 50.6 Å². The van der Waals surface area contributed by atoms with Crippen molar-refractivity contribution in [1.82, 2.24) is 19.9 Å². The molecule has 0 saturated carbocycles. The van der Waals surface area contributed by atoms with E-state index in [4.69, 9.17) is 4.42 Å². The molecule has 0 spiro atoms. The van der Waals surface area contributed by atoms with E-state index < -0.39 is 39.7 Å². The normalized spacial score (nSPS) is 18.7. The van der Waals surface area contributed by atoms with E-state index in [1.54, 1.807) is 18.2 Å². The molecule has 11 heteroatoms. The molecule has 3 rings (SSSR count). The molecule has 1 aliphatic heterocycles. The van der Waals surface area contributed by atoms with Crippen LogP contribution < -0.4 is 10.6 Å². The van der Waals surface area contributed by atoms with Crippen molar-refractivity contribution in [2.45, 2.75) is 57.1 Å². The molecule has 34 heavy (non-hydrogen) atoms. The first-order chi connectivity index (χ1) is 16.0. The van der Waals surface area contributed by atoms with Crippen LogP contribution in [0.15, 0.2) is 52.2 Å². The van der Waals surface area contributed by atoms with E-state index >= 15 is 0 Å². The van der Waals surface area contributed by atoms with Gasteiger partial charge >= 0.3 is 0 Å². The van der Waals surface area contributed by atoms with Crippen molar-refractivity contribution in [3.05, 3.63) is 48.6 Å². The smallest absolute Gasteiger partial charge is 0.287 e. The number of furan rings is 1. The summed E-state index contributed by atoms with van der Waals surface area (Å²) < 4.78 is 32.0. The molecule has 2 N–H and O–H groups in total. The van der Waals surface area contributed by atoms with Crippen molar-refractivity contribution in [3.8, 4) is 0 Å². The van der Waals surface area contributed by atoms with E-state index in [2.05, 4.69) is 15.6 Å². The number of nitrogens with zero attached hydrogens (tertiary/aromatic N) is 2. The van der Waals surface area contributed by atoms with E-state index in [9.17, 15) is 22.8 Å². The van der Waals surface area contributed by atoms with Gasteiger partial charge in [0.05, 0.1) is 18.8 Å². The first kappa shape index (κ1) is 25.6. The van der Waals surface area contributed by atoms with Crippen molar-refractivity contribution >= 4 is 27.6 Å². The Hall–Kier alpha value is -3.05. The van der Waals surface area contributed by atoms with Crippen LogP contribution in [0.5, 0.6) is 0 Å². The van der Waals surface area contributed by atoms with E-state index in [1.165, 1.54) is 24.6 Å². The SMILES string of the molecule is CC(C)(C)C[C@H](NC(=O)c1ccco1)C(=O)N[C@H]1CCCN(S(=O)(=O)c2ccccn2)CC1=O. The van der Waals surface area contributed by atoms with Crippen molar-refractivity contribution in [3.63, 3.8) is 0 Å². The van der Waals surface area contributed by atoms with Crippen LogP contribution in [0.4, 0.5) is 0 Å². The second-order valence-electron chi connectivity index (χ2n) is 9.44. The first-order valence-corrected chi connectivity index (χ1v) is 12.5. The summed E-state index contributed by atoms with van der Waals surface area (Å²) in [5.74, 6) is -1.38. The number of hydrogen-bond acceptors (Lipinski definition) is 7. The van der Waals surface area contributed by atoms with Crippen LogP contribution in [-0.4, -0.2) is 60.5 Å². The highest BCUT2D eigenvalue weighted by molar-refractivity contribution is 7.89. The molecule has 0 bridgehead atoms. The largest absolute Gasteiger partial charge is 0.459 e. The van der Waals surface area contributed by atoms with E-state index in [0.29, 0.717) is 12.8 Å². The summed E-state index contributed by atoms with van der Waals surface area (Å²) in [6.45, 7) is 5.57. The highest BCUT2D eigenvalue weighted by Gasteiger charge is 2.35. The number of amides is 2. The average molecular weight is 491 g/mol. The Morgan fingerprint density at radius 3 is 2.62 bits per heavy atom. The molecule has 0 aromatic carbocycles. The van der Waals surface area contributed by atoms with Gasteiger partial charge in [-0.05, 0) is 48.9 Å². The zero-order valence-corrected chi connectivity index (χ0v) is 20.3. The van der Waals surface area contributed by atoms with Crippen LogP contribution in [0.25, 0.3) is 0 Å². The number of aromatic nitrogens is 1. The summed E-state index contributed by atoms with van der Waals surface area (Å²) in [5.41, 5.74) is -0.292.